The van der Waals surface area contributed by atoms with Crippen LogP contribution in [0.25, 0.3) is 0 Å². The fraction of sp³-hybridized carbons (Fsp3) is 0.438. The molecule has 100 valence electrons. The first kappa shape index (κ1) is 12.4. The predicted molar refractivity (Wildman–Crippen MR) is 73.4 cm³/mol. The third-order valence-electron chi connectivity index (χ3n) is 4.02. The molecule has 2 bridgehead atoms. The Balaban J connectivity index is 1.78. The van der Waals surface area contributed by atoms with Crippen molar-refractivity contribution in [1.82, 2.24) is 4.90 Å². The number of rotatable bonds is 4. The number of hydrogen-bond acceptors (Lipinski definition) is 3. The van der Waals surface area contributed by atoms with Crippen LogP contribution in [-0.2, 0) is 16.1 Å². The minimum absolute atomic E-state index is 0.0738. The predicted octanol–water partition coefficient (Wildman–Crippen LogP) is 2.38. The van der Waals surface area contributed by atoms with Crippen molar-refractivity contribution < 1.29 is 9.53 Å². The van der Waals surface area contributed by atoms with E-state index < -0.39 is 0 Å². The van der Waals surface area contributed by atoms with E-state index in [0.717, 1.165) is 13.0 Å². The van der Waals surface area contributed by atoms with Gasteiger partial charge in [0.05, 0.1) is 6.61 Å². The van der Waals surface area contributed by atoms with Crippen LogP contribution >= 0.6 is 0 Å². The van der Waals surface area contributed by atoms with Gasteiger partial charge in [-0.15, -0.1) is 0 Å². The highest BCUT2D eigenvalue weighted by atomic mass is 16.5. The molecule has 0 radical (unpaired) electrons. The van der Waals surface area contributed by atoms with Crippen LogP contribution in [0.4, 0.5) is 0 Å². The van der Waals surface area contributed by atoms with Gasteiger partial charge < -0.3 is 4.74 Å². The molecule has 19 heavy (non-hydrogen) atoms. The molecule has 1 fully saturated rings. The largest absolute Gasteiger partial charge is 0.465 e. The Labute approximate surface area is 113 Å². The van der Waals surface area contributed by atoms with Crippen LogP contribution in [-0.4, -0.2) is 29.6 Å². The SMILES string of the molecule is CCOC(=O)[C@@H]1[C@@H]2C=C[C@@H](C2)N1Cc1ccccc1. The molecule has 2 aliphatic rings. The monoisotopic (exact) mass is 257 g/mol. The van der Waals surface area contributed by atoms with E-state index in [-0.39, 0.29) is 12.0 Å². The molecule has 1 aromatic rings. The molecule has 1 heterocycles. The standard InChI is InChI=1S/C16H19NO2/c1-2-19-16(18)15-13-8-9-14(10-13)17(15)11-12-6-4-3-5-7-12/h3-9,13-15H,2,10-11H2,1H3/t13-,14+,15+/m1/s1. The second-order valence-electron chi connectivity index (χ2n) is 5.21. The zero-order valence-electron chi connectivity index (χ0n) is 11.2. The molecular formula is C16H19NO2. The van der Waals surface area contributed by atoms with E-state index in [4.69, 9.17) is 4.74 Å². The zero-order chi connectivity index (χ0) is 13.2. The number of likely N-dealkylation sites (tertiary alicyclic amines) is 1. The van der Waals surface area contributed by atoms with E-state index in [1.165, 1.54) is 5.56 Å². The molecule has 0 N–H and O–H groups in total. The number of nitrogens with zero attached hydrogens (tertiary/aromatic N) is 1. The fourth-order valence-corrected chi connectivity index (χ4v) is 3.19. The lowest BCUT2D eigenvalue weighted by Gasteiger charge is -2.30. The van der Waals surface area contributed by atoms with Crippen molar-refractivity contribution in [1.29, 1.82) is 0 Å². The number of ether oxygens (including phenoxy) is 1. The molecule has 3 heteroatoms. The average Bonchev–Trinajstić information content (AvgIpc) is 3.01. The van der Waals surface area contributed by atoms with Gasteiger partial charge in [-0.3, -0.25) is 9.69 Å². The highest BCUT2D eigenvalue weighted by molar-refractivity contribution is 5.77. The Morgan fingerprint density at radius 3 is 2.84 bits per heavy atom. The molecule has 3 rings (SSSR count). The van der Waals surface area contributed by atoms with Crippen LogP contribution in [0.1, 0.15) is 18.9 Å². The van der Waals surface area contributed by atoms with E-state index in [1.807, 2.05) is 25.1 Å². The summed E-state index contributed by atoms with van der Waals surface area (Å²) in [5, 5.41) is 0. The van der Waals surface area contributed by atoms with Gasteiger partial charge in [-0.2, -0.15) is 0 Å². The number of carbonyl (C=O) groups excluding carboxylic acids is 1. The van der Waals surface area contributed by atoms with Crippen LogP contribution in [0.2, 0.25) is 0 Å². The number of fused-ring (bicyclic) bond motifs is 2. The van der Waals surface area contributed by atoms with Crippen molar-refractivity contribution in [2.75, 3.05) is 6.61 Å². The van der Waals surface area contributed by atoms with Crippen molar-refractivity contribution in [3.05, 3.63) is 48.0 Å². The van der Waals surface area contributed by atoms with Gasteiger partial charge in [0.15, 0.2) is 0 Å². The summed E-state index contributed by atoms with van der Waals surface area (Å²) in [5.74, 6) is 0.253. The van der Waals surface area contributed by atoms with E-state index in [9.17, 15) is 4.79 Å². The third-order valence-corrected chi connectivity index (χ3v) is 4.02. The Morgan fingerprint density at radius 2 is 2.11 bits per heavy atom. The van der Waals surface area contributed by atoms with Gasteiger partial charge in [-0.25, -0.2) is 0 Å². The molecule has 0 aromatic heterocycles. The maximum absolute atomic E-state index is 12.1. The summed E-state index contributed by atoms with van der Waals surface area (Å²) >= 11 is 0. The number of benzene rings is 1. The van der Waals surface area contributed by atoms with Crippen LogP contribution in [0.3, 0.4) is 0 Å². The van der Waals surface area contributed by atoms with Crippen molar-refractivity contribution in [2.24, 2.45) is 5.92 Å². The van der Waals surface area contributed by atoms with Crippen LogP contribution < -0.4 is 0 Å². The summed E-state index contributed by atoms with van der Waals surface area (Å²) < 4.78 is 5.23. The smallest absolute Gasteiger partial charge is 0.323 e. The molecule has 1 aliphatic heterocycles. The number of carbonyl (C=O) groups is 1. The van der Waals surface area contributed by atoms with Crippen molar-refractivity contribution in [3.8, 4) is 0 Å². The highest BCUT2D eigenvalue weighted by Gasteiger charge is 2.46. The Bertz CT molecular complexity index is 483. The molecule has 1 saturated heterocycles. The van der Waals surface area contributed by atoms with Crippen LogP contribution in [0.5, 0.6) is 0 Å². The second kappa shape index (κ2) is 5.17. The van der Waals surface area contributed by atoms with Gasteiger partial charge in [-0.05, 0) is 18.9 Å². The lowest BCUT2D eigenvalue weighted by atomic mass is 10.0. The van der Waals surface area contributed by atoms with Crippen LogP contribution in [0.15, 0.2) is 42.5 Å². The molecule has 0 amide bonds. The van der Waals surface area contributed by atoms with Gasteiger partial charge in [0.1, 0.15) is 6.04 Å². The lowest BCUT2D eigenvalue weighted by molar-refractivity contribution is -0.150. The van der Waals surface area contributed by atoms with Crippen molar-refractivity contribution in [3.63, 3.8) is 0 Å². The average molecular weight is 257 g/mol. The zero-order valence-corrected chi connectivity index (χ0v) is 11.2. The van der Waals surface area contributed by atoms with Gasteiger partial charge in [0.25, 0.3) is 0 Å². The first-order valence-corrected chi connectivity index (χ1v) is 6.94. The topological polar surface area (TPSA) is 29.5 Å². The minimum Gasteiger partial charge on any atom is -0.465 e. The maximum atomic E-state index is 12.1. The van der Waals surface area contributed by atoms with E-state index in [0.29, 0.717) is 18.6 Å². The molecule has 0 spiro atoms. The number of esters is 1. The van der Waals surface area contributed by atoms with E-state index in [1.54, 1.807) is 0 Å². The molecular weight excluding hydrogens is 238 g/mol. The van der Waals surface area contributed by atoms with Crippen molar-refractivity contribution in [2.45, 2.75) is 32.0 Å². The maximum Gasteiger partial charge on any atom is 0.323 e. The Morgan fingerprint density at radius 1 is 1.32 bits per heavy atom. The molecule has 3 atom stereocenters. The first-order chi connectivity index (χ1) is 9.29. The molecule has 3 nitrogen and oxygen atoms in total. The third kappa shape index (κ3) is 2.30. The summed E-state index contributed by atoms with van der Waals surface area (Å²) in [6, 6.07) is 10.6. The molecule has 1 aromatic carbocycles. The van der Waals surface area contributed by atoms with Gasteiger partial charge in [0.2, 0.25) is 0 Å². The van der Waals surface area contributed by atoms with E-state index >= 15 is 0 Å². The minimum atomic E-state index is -0.102. The van der Waals surface area contributed by atoms with Crippen molar-refractivity contribution >= 4 is 5.97 Å². The number of hydrogen-bond donors (Lipinski definition) is 0. The van der Waals surface area contributed by atoms with Gasteiger partial charge in [-0.1, -0.05) is 42.5 Å². The normalized spacial score (nSPS) is 28.8. The first-order valence-electron chi connectivity index (χ1n) is 6.94. The molecule has 0 saturated carbocycles. The second-order valence-corrected chi connectivity index (χ2v) is 5.21. The van der Waals surface area contributed by atoms with Gasteiger partial charge >= 0.3 is 5.97 Å². The molecule has 1 aliphatic carbocycles. The fourth-order valence-electron chi connectivity index (χ4n) is 3.19. The summed E-state index contributed by atoms with van der Waals surface area (Å²) in [6.07, 6.45) is 5.45. The van der Waals surface area contributed by atoms with Crippen LogP contribution in [0, 0.1) is 5.92 Å². The van der Waals surface area contributed by atoms with Gasteiger partial charge in [0, 0.05) is 18.5 Å². The highest BCUT2D eigenvalue weighted by Crippen LogP contribution is 2.38. The summed E-state index contributed by atoms with van der Waals surface area (Å²) in [6.45, 7) is 3.13. The Kier molecular flexibility index (Phi) is 3.38. The summed E-state index contributed by atoms with van der Waals surface area (Å²) in [4.78, 5) is 14.4. The van der Waals surface area contributed by atoms with E-state index in [2.05, 4.69) is 29.2 Å². The summed E-state index contributed by atoms with van der Waals surface area (Å²) in [5.41, 5.74) is 1.25. The summed E-state index contributed by atoms with van der Waals surface area (Å²) in [7, 11) is 0. The molecule has 0 unspecified atom stereocenters. The lowest BCUT2D eigenvalue weighted by Crippen LogP contribution is -2.44. The Hall–Kier alpha value is -1.61. The quantitative estimate of drug-likeness (QED) is 0.612.